The molecule has 0 bridgehead atoms. The number of aliphatic hydroxyl groups is 1. The Morgan fingerprint density at radius 3 is 2.05 bits per heavy atom. The summed E-state index contributed by atoms with van der Waals surface area (Å²) in [6, 6.07) is 4.93. The highest BCUT2D eigenvalue weighted by Gasteiger charge is 2.07. The Balaban J connectivity index is 0.000000211. The van der Waals surface area contributed by atoms with Gasteiger partial charge in [0.05, 0.1) is 11.7 Å². The minimum atomic E-state index is -0.712. The lowest BCUT2D eigenvalue weighted by molar-refractivity contribution is 0.112. The summed E-state index contributed by atoms with van der Waals surface area (Å²) in [5.74, 6) is -1.32. The standard InChI is InChI=1S/C7H7ClFNO.C6H3ClFNO/c1-4(11)5-2-3-6(9)10-7(5)8;7-6-4(3-10)1-2-5(8)9-6/h2-4,11H,1H3;1-3H. The third kappa shape index (κ3) is 5.34. The van der Waals surface area contributed by atoms with Crippen molar-refractivity contribution in [3.8, 4) is 0 Å². The van der Waals surface area contributed by atoms with Gasteiger partial charge < -0.3 is 5.11 Å². The van der Waals surface area contributed by atoms with Crippen LogP contribution in [0.3, 0.4) is 0 Å². The Kier molecular flexibility index (Phi) is 6.61. The van der Waals surface area contributed by atoms with E-state index in [1.165, 1.54) is 12.1 Å². The molecule has 0 aliphatic carbocycles. The number of nitrogens with zero attached hydrogens (tertiary/aromatic N) is 2. The Bertz CT molecular complexity index is 640. The van der Waals surface area contributed by atoms with E-state index >= 15 is 0 Å². The summed E-state index contributed by atoms with van der Waals surface area (Å²) in [6.07, 6.45) is -0.190. The number of hydrogen-bond donors (Lipinski definition) is 1. The van der Waals surface area contributed by atoms with Gasteiger partial charge in [0.1, 0.15) is 10.3 Å². The van der Waals surface area contributed by atoms with Gasteiger partial charge in [-0.1, -0.05) is 23.2 Å². The molecule has 0 spiro atoms. The molecular formula is C13H10Cl2F2N2O2. The van der Waals surface area contributed by atoms with Crippen LogP contribution < -0.4 is 0 Å². The van der Waals surface area contributed by atoms with Crippen molar-refractivity contribution in [1.29, 1.82) is 0 Å². The molecule has 0 fully saturated rings. The molecule has 1 unspecified atom stereocenters. The molecule has 0 saturated heterocycles. The number of aromatic nitrogens is 2. The molecular weight excluding hydrogens is 325 g/mol. The van der Waals surface area contributed by atoms with E-state index in [4.69, 9.17) is 28.3 Å². The fourth-order valence-corrected chi connectivity index (χ4v) is 1.74. The molecule has 1 N–H and O–H groups in total. The predicted molar refractivity (Wildman–Crippen MR) is 74.4 cm³/mol. The molecule has 0 aliphatic rings. The molecule has 2 rings (SSSR count). The zero-order valence-electron chi connectivity index (χ0n) is 10.7. The van der Waals surface area contributed by atoms with E-state index in [2.05, 4.69) is 9.97 Å². The topological polar surface area (TPSA) is 63.1 Å². The second kappa shape index (κ2) is 7.97. The van der Waals surface area contributed by atoms with Crippen molar-refractivity contribution in [2.75, 3.05) is 0 Å². The third-order valence-electron chi connectivity index (χ3n) is 2.26. The quantitative estimate of drug-likeness (QED) is 0.673. The van der Waals surface area contributed by atoms with Gasteiger partial charge in [-0.3, -0.25) is 4.79 Å². The van der Waals surface area contributed by atoms with Crippen molar-refractivity contribution in [3.05, 3.63) is 57.6 Å². The Labute approximate surface area is 129 Å². The van der Waals surface area contributed by atoms with Gasteiger partial charge >= 0.3 is 0 Å². The van der Waals surface area contributed by atoms with Crippen molar-refractivity contribution in [1.82, 2.24) is 9.97 Å². The molecule has 2 aromatic rings. The normalized spacial score (nSPS) is 11.3. The summed E-state index contributed by atoms with van der Waals surface area (Å²) in [6.45, 7) is 1.54. The van der Waals surface area contributed by atoms with Crippen LogP contribution in [0.25, 0.3) is 0 Å². The Morgan fingerprint density at radius 1 is 1.10 bits per heavy atom. The molecule has 4 nitrogen and oxygen atoms in total. The summed E-state index contributed by atoms with van der Waals surface area (Å²) in [5, 5.41) is 8.96. The van der Waals surface area contributed by atoms with Crippen LogP contribution in [0.15, 0.2) is 24.3 Å². The van der Waals surface area contributed by atoms with E-state index in [1.807, 2.05) is 0 Å². The number of pyridine rings is 2. The first-order chi connectivity index (χ1) is 9.85. The molecule has 112 valence electrons. The molecule has 0 radical (unpaired) electrons. The molecule has 2 aromatic heterocycles. The summed E-state index contributed by atoms with van der Waals surface area (Å²) < 4.78 is 24.5. The lowest BCUT2D eigenvalue weighted by Gasteiger charge is -2.04. The van der Waals surface area contributed by atoms with Crippen LogP contribution in [-0.2, 0) is 0 Å². The first kappa shape index (κ1) is 17.4. The van der Waals surface area contributed by atoms with Gasteiger partial charge in [0.25, 0.3) is 0 Å². The molecule has 0 aliphatic heterocycles. The van der Waals surface area contributed by atoms with Gasteiger partial charge in [-0.05, 0) is 31.2 Å². The number of carbonyl (C=O) groups is 1. The van der Waals surface area contributed by atoms with E-state index < -0.39 is 18.0 Å². The van der Waals surface area contributed by atoms with Crippen LogP contribution in [0.4, 0.5) is 8.78 Å². The second-order valence-electron chi connectivity index (χ2n) is 3.82. The van der Waals surface area contributed by atoms with Gasteiger partial charge in [0, 0.05) is 5.56 Å². The van der Waals surface area contributed by atoms with E-state index in [0.29, 0.717) is 11.8 Å². The second-order valence-corrected chi connectivity index (χ2v) is 4.54. The highest BCUT2D eigenvalue weighted by molar-refractivity contribution is 6.31. The summed E-state index contributed by atoms with van der Waals surface area (Å²) >= 11 is 10.9. The smallest absolute Gasteiger partial charge is 0.214 e. The monoisotopic (exact) mass is 334 g/mol. The average molecular weight is 335 g/mol. The van der Waals surface area contributed by atoms with Crippen LogP contribution >= 0.6 is 23.2 Å². The van der Waals surface area contributed by atoms with Crippen molar-refractivity contribution >= 4 is 29.5 Å². The summed E-state index contributed by atoms with van der Waals surface area (Å²) in [4.78, 5) is 16.6. The number of halogens is 4. The maximum absolute atomic E-state index is 12.3. The molecule has 0 amide bonds. The molecule has 1 atom stereocenters. The van der Waals surface area contributed by atoms with Gasteiger partial charge in [-0.2, -0.15) is 8.78 Å². The zero-order valence-corrected chi connectivity index (χ0v) is 12.2. The van der Waals surface area contributed by atoms with Crippen molar-refractivity contribution in [2.24, 2.45) is 0 Å². The van der Waals surface area contributed by atoms with Crippen LogP contribution in [0.1, 0.15) is 28.9 Å². The van der Waals surface area contributed by atoms with Crippen LogP contribution in [0.5, 0.6) is 0 Å². The van der Waals surface area contributed by atoms with Gasteiger partial charge in [0.2, 0.25) is 11.9 Å². The summed E-state index contributed by atoms with van der Waals surface area (Å²) in [5.41, 5.74) is 0.635. The minimum absolute atomic E-state index is 0.0139. The number of aliphatic hydroxyl groups excluding tert-OH is 1. The SMILES string of the molecule is CC(O)c1ccc(F)nc1Cl.O=Cc1ccc(F)nc1Cl. The zero-order chi connectivity index (χ0) is 16.0. The van der Waals surface area contributed by atoms with Crippen molar-refractivity contribution in [2.45, 2.75) is 13.0 Å². The predicted octanol–water partition coefficient (Wildman–Crippen LogP) is 3.61. The van der Waals surface area contributed by atoms with Crippen molar-refractivity contribution < 1.29 is 18.7 Å². The molecule has 8 heteroatoms. The minimum Gasteiger partial charge on any atom is -0.389 e. The fourth-order valence-electron chi connectivity index (χ4n) is 1.25. The molecule has 0 saturated carbocycles. The molecule has 2 heterocycles. The van der Waals surface area contributed by atoms with Crippen molar-refractivity contribution in [3.63, 3.8) is 0 Å². The fraction of sp³-hybridized carbons (Fsp3) is 0.154. The first-order valence-electron chi connectivity index (χ1n) is 5.62. The Morgan fingerprint density at radius 2 is 1.62 bits per heavy atom. The number of carbonyl (C=O) groups excluding carboxylic acids is 1. The lowest BCUT2D eigenvalue weighted by Crippen LogP contribution is -1.95. The number of aldehydes is 1. The van der Waals surface area contributed by atoms with E-state index in [1.54, 1.807) is 6.92 Å². The lowest BCUT2D eigenvalue weighted by atomic mass is 10.2. The van der Waals surface area contributed by atoms with E-state index in [-0.39, 0.29) is 15.9 Å². The largest absolute Gasteiger partial charge is 0.389 e. The van der Waals surface area contributed by atoms with Gasteiger partial charge in [0.15, 0.2) is 6.29 Å². The van der Waals surface area contributed by atoms with Crippen LogP contribution in [0.2, 0.25) is 10.3 Å². The average Bonchev–Trinajstić information content (AvgIpc) is 2.39. The van der Waals surface area contributed by atoms with Gasteiger partial charge in [-0.25, -0.2) is 9.97 Å². The van der Waals surface area contributed by atoms with E-state index in [9.17, 15) is 13.6 Å². The highest BCUT2D eigenvalue weighted by Crippen LogP contribution is 2.20. The van der Waals surface area contributed by atoms with E-state index in [0.717, 1.165) is 12.1 Å². The first-order valence-corrected chi connectivity index (χ1v) is 6.38. The number of rotatable bonds is 2. The third-order valence-corrected chi connectivity index (χ3v) is 2.87. The number of hydrogen-bond acceptors (Lipinski definition) is 4. The molecule has 0 aromatic carbocycles. The van der Waals surface area contributed by atoms with Crippen LogP contribution in [-0.4, -0.2) is 21.4 Å². The maximum atomic E-state index is 12.3. The Hall–Kier alpha value is -1.63. The molecule has 21 heavy (non-hydrogen) atoms. The van der Waals surface area contributed by atoms with Gasteiger partial charge in [-0.15, -0.1) is 0 Å². The maximum Gasteiger partial charge on any atom is 0.214 e. The van der Waals surface area contributed by atoms with Crippen LogP contribution in [0, 0.1) is 11.9 Å². The summed E-state index contributed by atoms with van der Waals surface area (Å²) in [7, 11) is 0. The highest BCUT2D eigenvalue weighted by atomic mass is 35.5.